The summed E-state index contributed by atoms with van der Waals surface area (Å²) in [6.07, 6.45) is 0.828. The Labute approximate surface area is 78.4 Å². The lowest BCUT2D eigenvalue weighted by molar-refractivity contribution is -0.129. The van der Waals surface area contributed by atoms with Gasteiger partial charge in [0, 0.05) is 13.6 Å². The molecule has 1 saturated heterocycles. The van der Waals surface area contributed by atoms with Gasteiger partial charge in [0.1, 0.15) is 0 Å². The van der Waals surface area contributed by atoms with Crippen molar-refractivity contribution in [3.05, 3.63) is 0 Å². The van der Waals surface area contributed by atoms with Crippen LogP contribution in [-0.4, -0.2) is 47.1 Å². The molecular weight excluding hydrogens is 170 g/mol. The highest BCUT2D eigenvalue weighted by atomic mass is 16.3. The largest absolute Gasteiger partial charge is 0.387 e. The van der Waals surface area contributed by atoms with Gasteiger partial charge in [0.2, 0.25) is 0 Å². The van der Waals surface area contributed by atoms with Crippen LogP contribution in [-0.2, 0) is 0 Å². The zero-order valence-corrected chi connectivity index (χ0v) is 8.20. The lowest BCUT2D eigenvalue weighted by atomic mass is 9.90. The molecule has 0 aromatic carbocycles. The van der Waals surface area contributed by atoms with Gasteiger partial charge in [-0.15, -0.1) is 5.23 Å². The first kappa shape index (κ1) is 10.8. The van der Waals surface area contributed by atoms with Crippen LogP contribution in [0.3, 0.4) is 0 Å². The highest BCUT2D eigenvalue weighted by Crippen LogP contribution is 2.20. The summed E-state index contributed by atoms with van der Waals surface area (Å²) >= 11 is 0. The van der Waals surface area contributed by atoms with Gasteiger partial charge in [-0.2, -0.15) is 0 Å². The van der Waals surface area contributed by atoms with Crippen molar-refractivity contribution in [3.63, 3.8) is 0 Å². The predicted octanol–water partition coefficient (Wildman–Crippen LogP) is -2.00. The van der Waals surface area contributed by atoms with Gasteiger partial charge >= 0.3 is 0 Å². The second-order valence-corrected chi connectivity index (χ2v) is 3.79. The fourth-order valence-electron chi connectivity index (χ4n) is 1.76. The van der Waals surface area contributed by atoms with Crippen LogP contribution in [0.2, 0.25) is 0 Å². The fourth-order valence-corrected chi connectivity index (χ4v) is 1.76. The number of nitrogens with zero attached hydrogens (tertiary/aromatic N) is 2. The molecule has 0 aliphatic carbocycles. The topological polar surface area (TPSA) is 90.8 Å². The summed E-state index contributed by atoms with van der Waals surface area (Å²) < 4.78 is 0. The maximum atomic E-state index is 10.0. The van der Waals surface area contributed by atoms with Crippen molar-refractivity contribution in [1.82, 2.24) is 15.6 Å². The van der Waals surface area contributed by atoms with Crippen LogP contribution < -0.4 is 17.0 Å². The van der Waals surface area contributed by atoms with E-state index in [0.717, 1.165) is 18.2 Å². The molecular formula is C7H19N5O. The average Bonchev–Trinajstić information content (AvgIpc) is 2.02. The highest BCUT2D eigenvalue weighted by Gasteiger charge is 2.38. The lowest BCUT2D eigenvalue weighted by Crippen LogP contribution is -2.65. The summed E-state index contributed by atoms with van der Waals surface area (Å²) in [5, 5.41) is 15.8. The van der Waals surface area contributed by atoms with Gasteiger partial charge in [-0.25, -0.2) is 16.7 Å². The molecule has 2 atom stereocenters. The number of hydrogen-bond donors (Lipinski definition) is 4. The van der Waals surface area contributed by atoms with Crippen molar-refractivity contribution in [2.45, 2.75) is 25.0 Å². The smallest absolute Gasteiger partial charge is 0.0913 e. The van der Waals surface area contributed by atoms with E-state index in [1.807, 2.05) is 0 Å². The van der Waals surface area contributed by atoms with Crippen molar-refractivity contribution in [1.29, 1.82) is 0 Å². The Kier molecular flexibility index (Phi) is 3.23. The van der Waals surface area contributed by atoms with Gasteiger partial charge in [0.25, 0.3) is 0 Å². The Morgan fingerprint density at radius 3 is 2.62 bits per heavy atom. The molecule has 1 aliphatic heterocycles. The Morgan fingerprint density at radius 1 is 1.54 bits per heavy atom. The molecule has 0 bridgehead atoms. The molecule has 1 fully saturated rings. The molecule has 0 aromatic rings. The van der Waals surface area contributed by atoms with Crippen LogP contribution in [0.1, 0.15) is 13.3 Å². The van der Waals surface area contributed by atoms with Crippen molar-refractivity contribution < 1.29 is 5.11 Å². The second-order valence-electron chi connectivity index (χ2n) is 3.79. The van der Waals surface area contributed by atoms with Gasteiger partial charge in [-0.3, -0.25) is 0 Å². The minimum absolute atomic E-state index is 0.0382. The van der Waals surface area contributed by atoms with E-state index in [9.17, 15) is 5.11 Å². The monoisotopic (exact) mass is 189 g/mol. The van der Waals surface area contributed by atoms with Crippen molar-refractivity contribution >= 4 is 0 Å². The first-order valence-electron chi connectivity index (χ1n) is 4.40. The molecule has 1 aliphatic rings. The molecule has 6 nitrogen and oxygen atoms in total. The predicted molar refractivity (Wildman–Crippen MR) is 49.9 cm³/mol. The standard InChI is InChI=1S/C7H19N5O/c1-7(13)5-10-4-3-6(7)11(2)12(8)9/h6,10,13H,3-5,8-9H2,1-2H3. The highest BCUT2D eigenvalue weighted by molar-refractivity contribution is 4.93. The molecule has 6 heteroatoms. The third-order valence-electron chi connectivity index (χ3n) is 2.61. The quantitative estimate of drug-likeness (QED) is 0.296. The number of aliphatic hydroxyl groups is 1. The van der Waals surface area contributed by atoms with E-state index in [-0.39, 0.29) is 6.04 Å². The van der Waals surface area contributed by atoms with Crippen LogP contribution in [0, 0.1) is 0 Å². The summed E-state index contributed by atoms with van der Waals surface area (Å²) in [6.45, 7) is 3.22. The van der Waals surface area contributed by atoms with Crippen molar-refractivity contribution in [2.24, 2.45) is 11.7 Å². The van der Waals surface area contributed by atoms with Gasteiger partial charge < -0.3 is 10.4 Å². The van der Waals surface area contributed by atoms with E-state index in [1.54, 1.807) is 19.0 Å². The van der Waals surface area contributed by atoms with E-state index in [2.05, 4.69) is 5.32 Å². The first-order valence-corrected chi connectivity index (χ1v) is 4.40. The second kappa shape index (κ2) is 3.87. The molecule has 0 aromatic heterocycles. The van der Waals surface area contributed by atoms with E-state index in [0.29, 0.717) is 6.54 Å². The number of piperidine rings is 1. The summed E-state index contributed by atoms with van der Waals surface area (Å²) in [5.74, 6) is 10.8. The Morgan fingerprint density at radius 2 is 2.15 bits per heavy atom. The molecule has 0 amide bonds. The first-order chi connectivity index (χ1) is 5.95. The molecule has 13 heavy (non-hydrogen) atoms. The fraction of sp³-hybridized carbons (Fsp3) is 1.00. The minimum atomic E-state index is -0.788. The Balaban J connectivity index is 2.65. The molecule has 6 N–H and O–H groups in total. The number of hydrogen-bond acceptors (Lipinski definition) is 6. The molecule has 0 spiro atoms. The lowest BCUT2D eigenvalue weighted by Gasteiger charge is -2.43. The number of nitrogens with two attached hydrogens (primary N) is 2. The zero-order valence-electron chi connectivity index (χ0n) is 8.20. The number of rotatable bonds is 2. The normalized spacial score (nSPS) is 35.8. The number of hydrazine groups is 3. The summed E-state index contributed by atoms with van der Waals surface area (Å²) in [7, 11) is 1.77. The zero-order chi connectivity index (χ0) is 10.1. The van der Waals surface area contributed by atoms with E-state index in [4.69, 9.17) is 11.7 Å². The van der Waals surface area contributed by atoms with Crippen LogP contribution >= 0.6 is 0 Å². The van der Waals surface area contributed by atoms with Gasteiger partial charge in [0.05, 0.1) is 11.6 Å². The molecule has 0 saturated carbocycles. The summed E-state index contributed by atoms with van der Waals surface area (Å²) in [6, 6.07) is -0.0382. The molecule has 0 radical (unpaired) electrons. The Bertz CT molecular complexity index is 172. The minimum Gasteiger partial charge on any atom is -0.387 e. The van der Waals surface area contributed by atoms with Gasteiger partial charge in [-0.1, -0.05) is 0 Å². The van der Waals surface area contributed by atoms with E-state index in [1.165, 1.54) is 0 Å². The van der Waals surface area contributed by atoms with Crippen LogP contribution in [0.5, 0.6) is 0 Å². The average molecular weight is 189 g/mol. The number of likely N-dealkylation sites (N-methyl/N-ethyl adjacent to an activating group) is 1. The van der Waals surface area contributed by atoms with Crippen LogP contribution in [0.15, 0.2) is 0 Å². The van der Waals surface area contributed by atoms with Crippen LogP contribution in [0.4, 0.5) is 0 Å². The van der Waals surface area contributed by atoms with Gasteiger partial charge in [-0.05, 0) is 19.9 Å². The van der Waals surface area contributed by atoms with Crippen molar-refractivity contribution in [2.75, 3.05) is 20.1 Å². The van der Waals surface area contributed by atoms with Crippen LogP contribution in [0.25, 0.3) is 0 Å². The third-order valence-corrected chi connectivity index (χ3v) is 2.61. The molecule has 1 rings (SSSR count). The maximum absolute atomic E-state index is 10.0. The Hall–Kier alpha value is -0.240. The molecule has 2 unspecified atom stereocenters. The summed E-state index contributed by atoms with van der Waals surface area (Å²) in [5.41, 5.74) is -0.788. The molecule has 78 valence electrons. The number of β-amino-alcohol motifs (C(OH)–C–C–N with tert-alkyl or cyclic N) is 1. The van der Waals surface area contributed by atoms with E-state index < -0.39 is 5.60 Å². The SMILES string of the molecule is CN(C1CCNCC1(C)O)N(N)N. The third kappa shape index (κ3) is 2.37. The molecule has 1 heterocycles. The van der Waals surface area contributed by atoms with E-state index >= 15 is 0 Å². The summed E-state index contributed by atoms with van der Waals surface area (Å²) in [4.78, 5) is 0. The maximum Gasteiger partial charge on any atom is 0.0913 e. The van der Waals surface area contributed by atoms with Gasteiger partial charge in [0.15, 0.2) is 0 Å². The number of nitrogens with one attached hydrogen (secondary N) is 1. The van der Waals surface area contributed by atoms with Crippen molar-refractivity contribution in [3.8, 4) is 0 Å².